The third-order valence-electron chi connectivity index (χ3n) is 2.60. The molecule has 0 spiro atoms. The van der Waals surface area contributed by atoms with Gasteiger partial charge in [0.1, 0.15) is 11.6 Å². The fourth-order valence-electron chi connectivity index (χ4n) is 1.81. The highest BCUT2D eigenvalue weighted by Crippen LogP contribution is 2.24. The van der Waals surface area contributed by atoms with E-state index in [2.05, 4.69) is 10.1 Å². The molecular formula is C12H19N3O4. The van der Waals surface area contributed by atoms with Crippen LogP contribution in [0.2, 0.25) is 0 Å². The molecule has 1 amide bonds. The fraction of sp³-hybridized carbons (Fsp3) is 0.750. The number of carbonyl (C=O) groups is 1. The summed E-state index contributed by atoms with van der Waals surface area (Å²) in [4.78, 5) is 17.9. The summed E-state index contributed by atoms with van der Waals surface area (Å²) in [5.41, 5.74) is -0.535. The Morgan fingerprint density at radius 1 is 1.47 bits per heavy atom. The average Bonchev–Trinajstić information content (AvgIpc) is 2.73. The predicted octanol–water partition coefficient (Wildman–Crippen LogP) is 1.69. The Labute approximate surface area is 111 Å². The van der Waals surface area contributed by atoms with Gasteiger partial charge >= 0.3 is 6.09 Å². The molecule has 1 aromatic heterocycles. The van der Waals surface area contributed by atoms with E-state index in [1.807, 2.05) is 20.8 Å². The van der Waals surface area contributed by atoms with Gasteiger partial charge in [0.2, 0.25) is 5.89 Å². The second kappa shape index (κ2) is 5.16. The van der Waals surface area contributed by atoms with E-state index in [-0.39, 0.29) is 12.1 Å². The zero-order chi connectivity index (χ0) is 14.0. The number of amides is 1. The molecule has 0 aliphatic carbocycles. The Hall–Kier alpha value is -1.63. The fourth-order valence-corrected chi connectivity index (χ4v) is 1.81. The number of carbonyl (C=O) groups excluding carboxylic acids is 1. The molecule has 0 radical (unpaired) electrons. The average molecular weight is 269 g/mol. The molecule has 1 saturated heterocycles. The molecule has 0 N–H and O–H groups in total. The van der Waals surface area contributed by atoms with E-state index in [4.69, 9.17) is 14.0 Å². The summed E-state index contributed by atoms with van der Waals surface area (Å²) in [5.74, 6) is 0.910. The topological polar surface area (TPSA) is 77.7 Å². The summed E-state index contributed by atoms with van der Waals surface area (Å²) < 4.78 is 15.7. The highest BCUT2D eigenvalue weighted by molar-refractivity contribution is 5.68. The zero-order valence-electron chi connectivity index (χ0n) is 11.7. The summed E-state index contributed by atoms with van der Waals surface area (Å²) in [6, 6.07) is -0.360. The molecule has 1 aliphatic rings. The van der Waals surface area contributed by atoms with E-state index in [0.29, 0.717) is 31.5 Å². The number of nitrogens with zero attached hydrogens (tertiary/aromatic N) is 3. The maximum absolute atomic E-state index is 12.2. The van der Waals surface area contributed by atoms with Crippen molar-refractivity contribution in [3.05, 3.63) is 11.7 Å². The number of ether oxygens (including phenoxy) is 2. The normalized spacial score (nSPS) is 20.4. The maximum atomic E-state index is 12.2. The van der Waals surface area contributed by atoms with Crippen LogP contribution in [0.3, 0.4) is 0 Å². The molecule has 19 heavy (non-hydrogen) atoms. The Morgan fingerprint density at radius 3 is 2.79 bits per heavy atom. The molecule has 1 aliphatic heterocycles. The van der Waals surface area contributed by atoms with Gasteiger partial charge in [0.25, 0.3) is 0 Å². The summed E-state index contributed by atoms with van der Waals surface area (Å²) in [7, 11) is 0. The van der Waals surface area contributed by atoms with Crippen molar-refractivity contribution in [2.75, 3.05) is 19.8 Å². The molecule has 0 saturated carbocycles. The predicted molar refractivity (Wildman–Crippen MR) is 65.5 cm³/mol. The van der Waals surface area contributed by atoms with Crippen molar-refractivity contribution in [3.63, 3.8) is 0 Å². The first-order valence-electron chi connectivity index (χ1n) is 6.24. The lowest BCUT2D eigenvalue weighted by atomic mass is 10.2. The van der Waals surface area contributed by atoms with E-state index >= 15 is 0 Å². The molecule has 0 aromatic carbocycles. The van der Waals surface area contributed by atoms with Crippen molar-refractivity contribution in [1.29, 1.82) is 0 Å². The minimum atomic E-state index is -0.535. The Bertz CT molecular complexity index is 452. The van der Waals surface area contributed by atoms with Crippen LogP contribution in [0.5, 0.6) is 0 Å². The molecule has 7 heteroatoms. The maximum Gasteiger partial charge on any atom is 0.411 e. The quantitative estimate of drug-likeness (QED) is 0.772. The van der Waals surface area contributed by atoms with Crippen LogP contribution in [0, 0.1) is 6.92 Å². The van der Waals surface area contributed by atoms with Gasteiger partial charge in [-0.2, -0.15) is 4.98 Å². The van der Waals surface area contributed by atoms with Gasteiger partial charge in [-0.3, -0.25) is 4.90 Å². The summed E-state index contributed by atoms with van der Waals surface area (Å²) in [6.45, 7) is 8.48. The van der Waals surface area contributed by atoms with Gasteiger partial charge in [0.15, 0.2) is 5.82 Å². The third-order valence-corrected chi connectivity index (χ3v) is 2.60. The second-order valence-corrected chi connectivity index (χ2v) is 5.44. The van der Waals surface area contributed by atoms with Crippen molar-refractivity contribution in [1.82, 2.24) is 15.0 Å². The van der Waals surface area contributed by atoms with E-state index in [1.54, 1.807) is 11.8 Å². The minimum absolute atomic E-state index is 0.345. The van der Waals surface area contributed by atoms with Crippen LogP contribution in [0.15, 0.2) is 4.52 Å². The van der Waals surface area contributed by atoms with Crippen LogP contribution >= 0.6 is 0 Å². The molecular weight excluding hydrogens is 250 g/mol. The molecule has 7 nitrogen and oxygen atoms in total. The van der Waals surface area contributed by atoms with Crippen LogP contribution in [-0.2, 0) is 9.47 Å². The smallest absolute Gasteiger partial charge is 0.411 e. The molecule has 106 valence electrons. The highest BCUT2D eigenvalue weighted by Gasteiger charge is 2.34. The first-order chi connectivity index (χ1) is 8.87. The van der Waals surface area contributed by atoms with E-state index in [1.165, 1.54) is 0 Å². The van der Waals surface area contributed by atoms with E-state index < -0.39 is 5.60 Å². The van der Waals surface area contributed by atoms with Crippen molar-refractivity contribution in [3.8, 4) is 0 Å². The lowest BCUT2D eigenvalue weighted by Gasteiger charge is -2.34. The number of hydrogen-bond donors (Lipinski definition) is 0. The van der Waals surface area contributed by atoms with Crippen LogP contribution in [0.25, 0.3) is 0 Å². The van der Waals surface area contributed by atoms with Crippen molar-refractivity contribution in [2.45, 2.75) is 39.3 Å². The molecule has 2 rings (SSSR count). The van der Waals surface area contributed by atoms with Crippen LogP contribution < -0.4 is 0 Å². The second-order valence-electron chi connectivity index (χ2n) is 5.44. The zero-order valence-corrected chi connectivity index (χ0v) is 11.7. The number of aryl methyl sites for hydroxylation is 1. The Morgan fingerprint density at radius 2 is 2.21 bits per heavy atom. The van der Waals surface area contributed by atoms with Gasteiger partial charge in [-0.1, -0.05) is 5.16 Å². The van der Waals surface area contributed by atoms with Gasteiger partial charge in [-0.25, -0.2) is 4.79 Å². The monoisotopic (exact) mass is 269 g/mol. The van der Waals surface area contributed by atoms with Gasteiger partial charge in [-0.15, -0.1) is 0 Å². The van der Waals surface area contributed by atoms with Crippen molar-refractivity contribution < 1.29 is 18.8 Å². The Balaban J connectivity index is 2.14. The summed E-state index contributed by atoms with van der Waals surface area (Å²) in [6.07, 6.45) is -0.386. The minimum Gasteiger partial charge on any atom is -0.444 e. The number of morpholine rings is 1. The van der Waals surface area contributed by atoms with Gasteiger partial charge in [-0.05, 0) is 20.8 Å². The number of rotatable bonds is 1. The lowest BCUT2D eigenvalue weighted by Crippen LogP contribution is -2.46. The van der Waals surface area contributed by atoms with E-state index in [9.17, 15) is 4.79 Å². The highest BCUT2D eigenvalue weighted by atomic mass is 16.6. The number of hydrogen-bond acceptors (Lipinski definition) is 6. The van der Waals surface area contributed by atoms with E-state index in [0.717, 1.165) is 0 Å². The van der Waals surface area contributed by atoms with Crippen LogP contribution in [-0.4, -0.2) is 46.5 Å². The molecule has 0 bridgehead atoms. The molecule has 1 fully saturated rings. The van der Waals surface area contributed by atoms with Crippen LogP contribution in [0.4, 0.5) is 4.79 Å². The summed E-state index contributed by atoms with van der Waals surface area (Å²) >= 11 is 0. The SMILES string of the molecule is Cc1nc([C@@H]2COCCN2C(=O)OC(C)(C)C)no1. The van der Waals surface area contributed by atoms with Crippen molar-refractivity contribution in [2.24, 2.45) is 0 Å². The molecule has 0 unspecified atom stereocenters. The van der Waals surface area contributed by atoms with Gasteiger partial charge < -0.3 is 14.0 Å². The standard InChI is InChI=1S/C12H19N3O4/c1-8-13-10(14-19-8)9-7-17-6-5-15(9)11(16)18-12(2,3)4/h9H,5-7H2,1-4H3/t9-/m0/s1. The summed E-state index contributed by atoms with van der Waals surface area (Å²) in [5, 5.41) is 3.85. The largest absolute Gasteiger partial charge is 0.444 e. The first kappa shape index (κ1) is 13.8. The molecule has 1 aromatic rings. The Kier molecular flexibility index (Phi) is 3.75. The van der Waals surface area contributed by atoms with Crippen LogP contribution in [0.1, 0.15) is 38.5 Å². The van der Waals surface area contributed by atoms with Gasteiger partial charge in [0.05, 0.1) is 13.2 Å². The van der Waals surface area contributed by atoms with Gasteiger partial charge in [0, 0.05) is 13.5 Å². The number of aromatic nitrogens is 2. The third kappa shape index (κ3) is 3.44. The lowest BCUT2D eigenvalue weighted by molar-refractivity contribution is -0.0354. The molecule has 1 atom stereocenters. The molecule has 2 heterocycles. The first-order valence-corrected chi connectivity index (χ1v) is 6.24. The van der Waals surface area contributed by atoms with Crippen molar-refractivity contribution >= 4 is 6.09 Å².